The van der Waals surface area contributed by atoms with E-state index in [1.165, 1.54) is 45.8 Å². The predicted molar refractivity (Wildman–Crippen MR) is 123 cm³/mol. The number of hydrogen-bond donors (Lipinski definition) is 0. The third-order valence-corrected chi connectivity index (χ3v) is 5.77. The first-order chi connectivity index (χ1) is 16.2. The number of alkyl halides is 3. The zero-order valence-electron chi connectivity index (χ0n) is 17.1. The van der Waals surface area contributed by atoms with Crippen LogP contribution in [0.2, 0.25) is 0 Å². The van der Waals surface area contributed by atoms with Crippen molar-refractivity contribution in [3.8, 4) is 22.8 Å². The van der Waals surface area contributed by atoms with Gasteiger partial charge in [-0.15, -0.1) is 0 Å². The van der Waals surface area contributed by atoms with Gasteiger partial charge in [0.25, 0.3) is 5.56 Å². The highest BCUT2D eigenvalue weighted by Crippen LogP contribution is 2.30. The Labute approximate surface area is 198 Å². The molecule has 0 aliphatic rings. The van der Waals surface area contributed by atoms with Gasteiger partial charge in [0.15, 0.2) is 11.5 Å². The summed E-state index contributed by atoms with van der Waals surface area (Å²) in [5, 5.41) is 4.31. The largest absolute Gasteiger partial charge is 0.416 e. The lowest BCUT2D eigenvalue weighted by Crippen LogP contribution is -2.22. The third kappa shape index (κ3) is 3.79. The van der Waals surface area contributed by atoms with E-state index in [9.17, 15) is 22.4 Å². The van der Waals surface area contributed by atoms with E-state index in [4.69, 9.17) is 0 Å². The SMILES string of the molecule is O=c1c2cnn(-c3ccc(C(F)(F)F)cc3)c2nc(-c2ccccc2F)n1-c1ccc(Br)cc1. The molecule has 0 radical (unpaired) electrons. The lowest BCUT2D eigenvalue weighted by molar-refractivity contribution is -0.137. The molecule has 0 saturated heterocycles. The molecule has 0 unspecified atom stereocenters. The predicted octanol–water partition coefficient (Wildman–Crippen LogP) is 6.16. The molecule has 2 heterocycles. The molecule has 0 aliphatic carbocycles. The van der Waals surface area contributed by atoms with Gasteiger partial charge in [0.2, 0.25) is 0 Å². The topological polar surface area (TPSA) is 52.7 Å². The molecule has 34 heavy (non-hydrogen) atoms. The minimum atomic E-state index is -4.49. The second-order valence-corrected chi connectivity index (χ2v) is 8.29. The monoisotopic (exact) mass is 528 g/mol. The standard InChI is InChI=1S/C24H13BrF4N4O/c25-15-7-11-16(12-8-15)32-21(18-3-1-2-4-20(18)26)31-22-19(23(32)34)13-30-33(22)17-9-5-14(6-10-17)24(27,28)29/h1-13H. The summed E-state index contributed by atoms with van der Waals surface area (Å²) >= 11 is 3.35. The molecule has 170 valence electrons. The fraction of sp³-hybridized carbons (Fsp3) is 0.0417. The van der Waals surface area contributed by atoms with Crippen molar-refractivity contribution in [3.05, 3.63) is 105 Å². The normalized spacial score (nSPS) is 11.8. The third-order valence-electron chi connectivity index (χ3n) is 5.24. The molecular formula is C24H13BrF4N4O. The first kappa shape index (κ1) is 22.0. The summed E-state index contributed by atoms with van der Waals surface area (Å²) in [6.45, 7) is 0. The lowest BCUT2D eigenvalue weighted by Gasteiger charge is -2.14. The summed E-state index contributed by atoms with van der Waals surface area (Å²) in [5.41, 5.74) is -0.395. The van der Waals surface area contributed by atoms with Crippen molar-refractivity contribution >= 4 is 27.0 Å². The van der Waals surface area contributed by atoms with E-state index in [0.717, 1.165) is 16.6 Å². The molecule has 2 aromatic heterocycles. The van der Waals surface area contributed by atoms with Crippen LogP contribution in [-0.2, 0) is 6.18 Å². The Morgan fingerprint density at radius 2 is 1.50 bits per heavy atom. The maximum Gasteiger partial charge on any atom is 0.416 e. The number of fused-ring (bicyclic) bond motifs is 1. The highest BCUT2D eigenvalue weighted by Gasteiger charge is 2.30. The molecule has 3 aromatic carbocycles. The minimum Gasteiger partial charge on any atom is -0.268 e. The summed E-state index contributed by atoms with van der Waals surface area (Å²) < 4.78 is 57.0. The average Bonchev–Trinajstić information content (AvgIpc) is 3.24. The molecule has 0 N–H and O–H groups in total. The molecule has 0 fully saturated rings. The van der Waals surface area contributed by atoms with Crippen molar-refractivity contribution in [2.24, 2.45) is 0 Å². The minimum absolute atomic E-state index is 0.0339. The molecule has 5 nitrogen and oxygen atoms in total. The summed E-state index contributed by atoms with van der Waals surface area (Å²) in [7, 11) is 0. The van der Waals surface area contributed by atoms with Crippen LogP contribution in [-0.4, -0.2) is 19.3 Å². The molecule has 5 rings (SSSR count). The average molecular weight is 529 g/mol. The van der Waals surface area contributed by atoms with Crippen LogP contribution >= 0.6 is 15.9 Å². The summed E-state index contributed by atoms with van der Waals surface area (Å²) in [6.07, 6.45) is -3.19. The van der Waals surface area contributed by atoms with Crippen LogP contribution < -0.4 is 5.56 Å². The van der Waals surface area contributed by atoms with Crippen molar-refractivity contribution in [3.63, 3.8) is 0 Å². The van der Waals surface area contributed by atoms with Crippen molar-refractivity contribution in [1.29, 1.82) is 0 Å². The highest BCUT2D eigenvalue weighted by atomic mass is 79.9. The van der Waals surface area contributed by atoms with Crippen LogP contribution in [0.3, 0.4) is 0 Å². The lowest BCUT2D eigenvalue weighted by atomic mass is 10.1. The Morgan fingerprint density at radius 3 is 2.15 bits per heavy atom. The molecule has 0 saturated carbocycles. The van der Waals surface area contributed by atoms with Gasteiger partial charge in [-0.3, -0.25) is 9.36 Å². The van der Waals surface area contributed by atoms with Crippen molar-refractivity contribution in [1.82, 2.24) is 19.3 Å². The van der Waals surface area contributed by atoms with Gasteiger partial charge in [-0.1, -0.05) is 28.1 Å². The molecule has 0 bridgehead atoms. The number of rotatable bonds is 3. The quantitative estimate of drug-likeness (QED) is 0.263. The highest BCUT2D eigenvalue weighted by molar-refractivity contribution is 9.10. The van der Waals surface area contributed by atoms with Crippen molar-refractivity contribution in [2.45, 2.75) is 6.18 Å². The first-order valence-corrected chi connectivity index (χ1v) is 10.7. The fourth-order valence-corrected chi connectivity index (χ4v) is 3.87. The van der Waals surface area contributed by atoms with E-state index >= 15 is 0 Å². The number of aromatic nitrogens is 4. The number of hydrogen-bond acceptors (Lipinski definition) is 3. The van der Waals surface area contributed by atoms with Crippen LogP contribution in [0.1, 0.15) is 5.56 Å². The zero-order valence-corrected chi connectivity index (χ0v) is 18.7. The van der Waals surface area contributed by atoms with Crippen molar-refractivity contribution < 1.29 is 17.6 Å². The molecule has 0 spiro atoms. The van der Waals surface area contributed by atoms with Gasteiger partial charge < -0.3 is 0 Å². The summed E-state index contributed by atoms with van der Waals surface area (Å²) in [6, 6.07) is 17.0. The van der Waals surface area contributed by atoms with Gasteiger partial charge >= 0.3 is 6.18 Å². The second kappa shape index (κ2) is 8.21. The Hall–Kier alpha value is -3.79. The van der Waals surface area contributed by atoms with Gasteiger partial charge in [-0.2, -0.15) is 18.3 Å². The number of halogens is 5. The van der Waals surface area contributed by atoms with Crippen LogP contribution in [0.15, 0.2) is 88.3 Å². The van der Waals surface area contributed by atoms with E-state index < -0.39 is 23.1 Å². The fourth-order valence-electron chi connectivity index (χ4n) is 3.60. The van der Waals surface area contributed by atoms with E-state index in [1.807, 2.05) is 0 Å². The smallest absolute Gasteiger partial charge is 0.268 e. The molecule has 5 aromatic rings. The summed E-state index contributed by atoms with van der Waals surface area (Å²) in [5.74, 6) is -0.549. The van der Waals surface area contributed by atoms with E-state index in [0.29, 0.717) is 5.69 Å². The molecule has 0 amide bonds. The van der Waals surface area contributed by atoms with E-state index in [2.05, 4.69) is 26.0 Å². The maximum absolute atomic E-state index is 14.8. The Balaban J connectivity index is 1.78. The second-order valence-electron chi connectivity index (χ2n) is 7.37. The van der Waals surface area contributed by atoms with Crippen LogP contribution in [0.25, 0.3) is 33.8 Å². The maximum atomic E-state index is 14.8. The Kier molecular flexibility index (Phi) is 5.32. The van der Waals surface area contributed by atoms with Crippen LogP contribution in [0.5, 0.6) is 0 Å². The number of nitrogens with zero attached hydrogens (tertiary/aromatic N) is 4. The van der Waals surface area contributed by atoms with Gasteiger partial charge in [-0.05, 0) is 60.7 Å². The van der Waals surface area contributed by atoms with Gasteiger partial charge in [-0.25, -0.2) is 14.1 Å². The Bertz CT molecular complexity index is 1570. The zero-order chi connectivity index (χ0) is 24.0. The van der Waals surface area contributed by atoms with Crippen molar-refractivity contribution in [2.75, 3.05) is 0 Å². The van der Waals surface area contributed by atoms with Crippen LogP contribution in [0, 0.1) is 5.82 Å². The van der Waals surface area contributed by atoms with Gasteiger partial charge in [0.05, 0.1) is 28.7 Å². The van der Waals surface area contributed by atoms with Crippen LogP contribution in [0.4, 0.5) is 17.6 Å². The molecular weight excluding hydrogens is 516 g/mol. The molecule has 0 aliphatic heterocycles. The first-order valence-electron chi connectivity index (χ1n) is 9.93. The van der Waals surface area contributed by atoms with Gasteiger partial charge in [0.1, 0.15) is 11.2 Å². The molecule has 10 heteroatoms. The van der Waals surface area contributed by atoms with E-state index in [1.54, 1.807) is 30.3 Å². The molecule has 0 atom stereocenters. The number of benzene rings is 3. The van der Waals surface area contributed by atoms with Gasteiger partial charge in [0, 0.05) is 4.47 Å². The summed E-state index contributed by atoms with van der Waals surface area (Å²) in [4.78, 5) is 18.1. The Morgan fingerprint density at radius 1 is 0.853 bits per heavy atom. The van der Waals surface area contributed by atoms with E-state index in [-0.39, 0.29) is 28.1 Å².